The summed E-state index contributed by atoms with van der Waals surface area (Å²) in [5.74, 6) is 0.951. The number of aryl methyl sites for hydroxylation is 1. The van der Waals surface area contributed by atoms with E-state index in [4.69, 9.17) is 14.2 Å². The largest absolute Gasteiger partial charge is 0.496 e. The standard InChI is InChI=1S/C16H25NO3/c1-4-17-14(11-16-19-7-8-20-16)10-13-9-12(2)5-6-15(13)18-3/h5-6,9,14,16-17H,4,7-8,10-11H2,1-3H3. The summed E-state index contributed by atoms with van der Waals surface area (Å²) in [6.45, 7) is 6.57. The Kier molecular flexibility index (Phi) is 5.83. The highest BCUT2D eigenvalue weighted by atomic mass is 16.7. The van der Waals surface area contributed by atoms with Crippen LogP contribution < -0.4 is 10.1 Å². The average molecular weight is 279 g/mol. The minimum absolute atomic E-state index is 0.0742. The van der Waals surface area contributed by atoms with Crippen LogP contribution in [0.2, 0.25) is 0 Å². The number of likely N-dealkylation sites (N-methyl/N-ethyl adjacent to an activating group) is 1. The van der Waals surface area contributed by atoms with Crippen molar-refractivity contribution in [2.75, 3.05) is 26.9 Å². The van der Waals surface area contributed by atoms with Gasteiger partial charge < -0.3 is 19.5 Å². The van der Waals surface area contributed by atoms with Crippen LogP contribution in [0.15, 0.2) is 18.2 Å². The summed E-state index contributed by atoms with van der Waals surface area (Å²) < 4.78 is 16.6. The normalized spacial score (nSPS) is 17.4. The van der Waals surface area contributed by atoms with Gasteiger partial charge in [0, 0.05) is 12.5 Å². The predicted molar refractivity (Wildman–Crippen MR) is 79.2 cm³/mol. The fourth-order valence-electron chi connectivity index (χ4n) is 2.64. The first-order valence-corrected chi connectivity index (χ1v) is 7.33. The van der Waals surface area contributed by atoms with Crippen molar-refractivity contribution in [1.29, 1.82) is 0 Å². The monoisotopic (exact) mass is 279 g/mol. The van der Waals surface area contributed by atoms with Gasteiger partial charge in [-0.2, -0.15) is 0 Å². The van der Waals surface area contributed by atoms with E-state index in [-0.39, 0.29) is 6.29 Å². The van der Waals surface area contributed by atoms with Crippen molar-refractivity contribution in [3.8, 4) is 5.75 Å². The summed E-state index contributed by atoms with van der Waals surface area (Å²) in [6.07, 6.45) is 1.71. The van der Waals surface area contributed by atoms with Crippen molar-refractivity contribution < 1.29 is 14.2 Å². The Morgan fingerprint density at radius 1 is 1.35 bits per heavy atom. The topological polar surface area (TPSA) is 39.7 Å². The smallest absolute Gasteiger partial charge is 0.159 e. The predicted octanol–water partition coefficient (Wildman–Crippen LogP) is 2.29. The summed E-state index contributed by atoms with van der Waals surface area (Å²) in [4.78, 5) is 0. The SMILES string of the molecule is CCNC(Cc1cc(C)ccc1OC)CC1OCCO1. The Hall–Kier alpha value is -1.10. The van der Waals surface area contributed by atoms with Gasteiger partial charge in [-0.25, -0.2) is 0 Å². The molecule has 0 radical (unpaired) electrons. The Balaban J connectivity index is 2.04. The average Bonchev–Trinajstić information content (AvgIpc) is 2.92. The van der Waals surface area contributed by atoms with E-state index in [2.05, 4.69) is 31.3 Å². The van der Waals surface area contributed by atoms with Gasteiger partial charge in [0.15, 0.2) is 6.29 Å². The van der Waals surface area contributed by atoms with Crippen LogP contribution in [-0.2, 0) is 15.9 Å². The van der Waals surface area contributed by atoms with Gasteiger partial charge in [-0.15, -0.1) is 0 Å². The van der Waals surface area contributed by atoms with Crippen molar-refractivity contribution >= 4 is 0 Å². The maximum atomic E-state index is 5.55. The third kappa shape index (κ3) is 4.20. The van der Waals surface area contributed by atoms with Crippen LogP contribution in [0, 0.1) is 6.92 Å². The lowest BCUT2D eigenvalue weighted by atomic mass is 10.00. The van der Waals surface area contributed by atoms with Gasteiger partial charge in [0.2, 0.25) is 0 Å². The lowest BCUT2D eigenvalue weighted by molar-refractivity contribution is -0.0525. The molecule has 20 heavy (non-hydrogen) atoms. The van der Waals surface area contributed by atoms with Gasteiger partial charge in [-0.3, -0.25) is 0 Å². The van der Waals surface area contributed by atoms with Crippen LogP contribution >= 0.6 is 0 Å². The van der Waals surface area contributed by atoms with Crippen LogP contribution in [0.1, 0.15) is 24.5 Å². The van der Waals surface area contributed by atoms with Crippen LogP contribution in [0.4, 0.5) is 0 Å². The minimum atomic E-state index is -0.0742. The summed E-state index contributed by atoms with van der Waals surface area (Å²) in [7, 11) is 1.72. The molecule has 1 heterocycles. The molecule has 1 unspecified atom stereocenters. The molecule has 1 N–H and O–H groups in total. The van der Waals surface area contributed by atoms with E-state index in [1.165, 1.54) is 11.1 Å². The van der Waals surface area contributed by atoms with Gasteiger partial charge in [0.1, 0.15) is 5.75 Å². The third-order valence-electron chi connectivity index (χ3n) is 3.56. The summed E-state index contributed by atoms with van der Waals surface area (Å²) in [5, 5.41) is 3.51. The number of nitrogens with one attached hydrogen (secondary N) is 1. The quantitative estimate of drug-likeness (QED) is 0.831. The van der Waals surface area contributed by atoms with E-state index in [1.807, 2.05) is 6.07 Å². The second-order valence-corrected chi connectivity index (χ2v) is 5.18. The molecule has 4 nitrogen and oxygen atoms in total. The molecular weight excluding hydrogens is 254 g/mol. The molecule has 1 aromatic carbocycles. The second kappa shape index (κ2) is 7.62. The summed E-state index contributed by atoms with van der Waals surface area (Å²) in [5.41, 5.74) is 2.49. The van der Waals surface area contributed by atoms with Crippen molar-refractivity contribution in [1.82, 2.24) is 5.32 Å². The Morgan fingerprint density at radius 3 is 2.75 bits per heavy atom. The van der Waals surface area contributed by atoms with E-state index >= 15 is 0 Å². The fraction of sp³-hybridized carbons (Fsp3) is 0.625. The van der Waals surface area contributed by atoms with E-state index in [1.54, 1.807) is 7.11 Å². The van der Waals surface area contributed by atoms with Gasteiger partial charge in [0.25, 0.3) is 0 Å². The Morgan fingerprint density at radius 2 is 2.10 bits per heavy atom. The zero-order valence-electron chi connectivity index (χ0n) is 12.6. The summed E-state index contributed by atoms with van der Waals surface area (Å²) in [6, 6.07) is 6.64. The molecule has 1 fully saturated rings. The van der Waals surface area contributed by atoms with E-state index in [0.29, 0.717) is 19.3 Å². The van der Waals surface area contributed by atoms with Crippen molar-refractivity contribution in [3.63, 3.8) is 0 Å². The fourth-order valence-corrected chi connectivity index (χ4v) is 2.64. The molecule has 0 amide bonds. The molecule has 0 spiro atoms. The zero-order chi connectivity index (χ0) is 14.4. The van der Waals surface area contributed by atoms with Crippen LogP contribution in [-0.4, -0.2) is 39.2 Å². The second-order valence-electron chi connectivity index (χ2n) is 5.18. The number of rotatable bonds is 7. The van der Waals surface area contributed by atoms with Crippen LogP contribution in [0.5, 0.6) is 5.75 Å². The molecule has 1 aliphatic heterocycles. The van der Waals surface area contributed by atoms with E-state index < -0.39 is 0 Å². The van der Waals surface area contributed by atoms with E-state index in [0.717, 1.165) is 25.1 Å². The van der Waals surface area contributed by atoms with Gasteiger partial charge in [-0.1, -0.05) is 24.6 Å². The molecule has 1 aromatic rings. The number of hydrogen-bond acceptors (Lipinski definition) is 4. The third-order valence-corrected chi connectivity index (χ3v) is 3.56. The molecule has 0 bridgehead atoms. The van der Waals surface area contributed by atoms with Gasteiger partial charge in [0.05, 0.1) is 20.3 Å². The highest BCUT2D eigenvalue weighted by Gasteiger charge is 2.22. The first-order valence-electron chi connectivity index (χ1n) is 7.33. The van der Waals surface area contributed by atoms with Crippen LogP contribution in [0.3, 0.4) is 0 Å². The lowest BCUT2D eigenvalue weighted by Gasteiger charge is -2.22. The molecule has 0 aromatic heterocycles. The number of benzene rings is 1. The molecule has 1 atom stereocenters. The van der Waals surface area contributed by atoms with Gasteiger partial charge >= 0.3 is 0 Å². The highest BCUT2D eigenvalue weighted by Crippen LogP contribution is 2.23. The zero-order valence-corrected chi connectivity index (χ0v) is 12.6. The highest BCUT2D eigenvalue weighted by molar-refractivity contribution is 5.37. The minimum Gasteiger partial charge on any atom is -0.496 e. The van der Waals surface area contributed by atoms with Crippen molar-refractivity contribution in [3.05, 3.63) is 29.3 Å². The number of hydrogen-bond donors (Lipinski definition) is 1. The molecular formula is C16H25NO3. The van der Waals surface area contributed by atoms with Crippen molar-refractivity contribution in [2.24, 2.45) is 0 Å². The Labute approximate surface area is 121 Å². The molecule has 1 aliphatic rings. The maximum Gasteiger partial charge on any atom is 0.159 e. The van der Waals surface area contributed by atoms with Crippen molar-refractivity contribution in [2.45, 2.75) is 39.0 Å². The summed E-state index contributed by atoms with van der Waals surface area (Å²) >= 11 is 0. The van der Waals surface area contributed by atoms with E-state index in [9.17, 15) is 0 Å². The van der Waals surface area contributed by atoms with Gasteiger partial charge in [-0.05, 0) is 31.5 Å². The number of ether oxygens (including phenoxy) is 3. The van der Waals surface area contributed by atoms with Crippen LogP contribution in [0.25, 0.3) is 0 Å². The number of methoxy groups -OCH3 is 1. The lowest BCUT2D eigenvalue weighted by Crippen LogP contribution is -2.35. The molecule has 0 aliphatic carbocycles. The molecule has 2 rings (SSSR count). The molecule has 4 heteroatoms. The molecule has 112 valence electrons. The first kappa shape index (κ1) is 15.3. The molecule has 0 saturated carbocycles. The first-order chi connectivity index (χ1) is 9.72. The Bertz CT molecular complexity index is 416. The maximum absolute atomic E-state index is 5.55. The molecule has 1 saturated heterocycles.